The summed E-state index contributed by atoms with van der Waals surface area (Å²) in [6, 6.07) is 12.2. The van der Waals surface area contributed by atoms with Gasteiger partial charge in [0, 0.05) is 9.99 Å². The topological polar surface area (TPSA) is 47.6 Å². The van der Waals surface area contributed by atoms with E-state index >= 15 is 0 Å². The summed E-state index contributed by atoms with van der Waals surface area (Å²) < 4.78 is 12.1. The van der Waals surface area contributed by atoms with Gasteiger partial charge in [0.05, 0.1) is 20.3 Å². The van der Waals surface area contributed by atoms with Crippen molar-refractivity contribution >= 4 is 28.5 Å². The summed E-state index contributed by atoms with van der Waals surface area (Å²) in [6.07, 6.45) is 1.96. The summed E-state index contributed by atoms with van der Waals surface area (Å²) in [4.78, 5) is 12.2. The lowest BCUT2D eigenvalue weighted by Crippen LogP contribution is -2.28. The summed E-state index contributed by atoms with van der Waals surface area (Å²) in [5.41, 5.74) is 3.48. The molecule has 0 radical (unpaired) electrons. The maximum atomic E-state index is 12.2. The van der Waals surface area contributed by atoms with Crippen LogP contribution in [-0.2, 0) is 17.6 Å². The van der Waals surface area contributed by atoms with Crippen LogP contribution in [-0.4, -0.2) is 20.1 Å². The van der Waals surface area contributed by atoms with Crippen molar-refractivity contribution in [1.82, 2.24) is 5.32 Å². The first kappa shape index (κ1) is 17.1. The SMILES string of the molecule is COc1cc2c(cc1OC)C(Cc1ccccc1I)NC(=O)CC2. The largest absolute Gasteiger partial charge is 0.493 e. The highest BCUT2D eigenvalue weighted by Crippen LogP contribution is 2.36. The van der Waals surface area contributed by atoms with Crippen LogP contribution in [0.15, 0.2) is 36.4 Å². The second-order valence-electron chi connectivity index (χ2n) is 5.82. The number of nitrogens with one attached hydrogen (secondary N) is 1. The highest BCUT2D eigenvalue weighted by atomic mass is 127. The molecular formula is C19H20INO3. The van der Waals surface area contributed by atoms with Gasteiger partial charge in [-0.25, -0.2) is 0 Å². The van der Waals surface area contributed by atoms with Gasteiger partial charge in [0.2, 0.25) is 5.91 Å². The molecule has 1 aliphatic heterocycles. The third-order valence-electron chi connectivity index (χ3n) is 4.36. The number of hydrogen-bond donors (Lipinski definition) is 1. The molecule has 0 bridgehead atoms. The van der Waals surface area contributed by atoms with E-state index in [9.17, 15) is 4.79 Å². The summed E-state index contributed by atoms with van der Waals surface area (Å²) >= 11 is 2.34. The van der Waals surface area contributed by atoms with E-state index in [0.29, 0.717) is 24.3 Å². The van der Waals surface area contributed by atoms with E-state index in [4.69, 9.17) is 9.47 Å². The highest BCUT2D eigenvalue weighted by molar-refractivity contribution is 14.1. The number of methoxy groups -OCH3 is 2. The normalized spacial score (nSPS) is 16.8. The Kier molecular flexibility index (Phi) is 5.28. The molecule has 4 nitrogen and oxygen atoms in total. The van der Waals surface area contributed by atoms with Gasteiger partial charge in [-0.2, -0.15) is 0 Å². The lowest BCUT2D eigenvalue weighted by molar-refractivity contribution is -0.121. The van der Waals surface area contributed by atoms with Crippen molar-refractivity contribution in [3.8, 4) is 11.5 Å². The summed E-state index contributed by atoms with van der Waals surface area (Å²) in [6.45, 7) is 0. The van der Waals surface area contributed by atoms with Crippen LogP contribution in [0.1, 0.15) is 29.2 Å². The van der Waals surface area contributed by atoms with E-state index in [1.807, 2.05) is 24.3 Å². The number of aryl methyl sites for hydroxylation is 1. The Labute approximate surface area is 155 Å². The molecule has 1 N–H and O–H groups in total. The van der Waals surface area contributed by atoms with Gasteiger partial charge in [0.15, 0.2) is 11.5 Å². The number of halogens is 1. The molecule has 0 aliphatic carbocycles. The average Bonchev–Trinajstić information content (AvgIpc) is 2.74. The van der Waals surface area contributed by atoms with E-state index in [0.717, 1.165) is 17.5 Å². The molecule has 126 valence electrons. The molecule has 0 aromatic heterocycles. The first-order valence-electron chi connectivity index (χ1n) is 7.90. The molecule has 2 aromatic rings. The molecule has 5 heteroatoms. The summed E-state index contributed by atoms with van der Waals surface area (Å²) in [7, 11) is 3.27. The molecule has 3 rings (SSSR count). The second kappa shape index (κ2) is 7.42. The minimum atomic E-state index is -0.0641. The predicted molar refractivity (Wildman–Crippen MR) is 102 cm³/mol. The number of rotatable bonds is 4. The molecule has 1 atom stereocenters. The van der Waals surface area contributed by atoms with Gasteiger partial charge in [0.25, 0.3) is 0 Å². The predicted octanol–water partition coefficient (Wildman–Crippen LogP) is 3.65. The minimum Gasteiger partial charge on any atom is -0.493 e. The Hall–Kier alpha value is -1.76. The van der Waals surface area contributed by atoms with Crippen molar-refractivity contribution in [1.29, 1.82) is 0 Å². The maximum Gasteiger partial charge on any atom is 0.220 e. The van der Waals surface area contributed by atoms with Crippen molar-refractivity contribution in [2.75, 3.05) is 14.2 Å². The van der Waals surface area contributed by atoms with Crippen LogP contribution in [0.3, 0.4) is 0 Å². The standard InChI is InChI=1S/C19H20INO3/c1-23-17-10-12-7-8-19(22)21-16(14(12)11-18(17)24-2)9-13-5-3-4-6-15(13)20/h3-6,10-11,16H,7-9H2,1-2H3,(H,21,22). The Morgan fingerprint density at radius 3 is 2.54 bits per heavy atom. The van der Waals surface area contributed by atoms with Crippen molar-refractivity contribution in [2.45, 2.75) is 25.3 Å². The van der Waals surface area contributed by atoms with Crippen LogP contribution in [0.5, 0.6) is 11.5 Å². The number of benzene rings is 2. The fourth-order valence-corrected chi connectivity index (χ4v) is 3.72. The Bertz CT molecular complexity index is 760. The lowest BCUT2D eigenvalue weighted by atomic mass is 9.93. The van der Waals surface area contributed by atoms with E-state index in [1.54, 1.807) is 14.2 Å². The summed E-state index contributed by atoms with van der Waals surface area (Å²) in [5, 5.41) is 3.16. The van der Waals surface area contributed by atoms with Gasteiger partial charge in [0.1, 0.15) is 0 Å². The van der Waals surface area contributed by atoms with Gasteiger partial charge in [-0.3, -0.25) is 4.79 Å². The fourth-order valence-electron chi connectivity index (χ4n) is 3.11. The average molecular weight is 437 g/mol. The van der Waals surface area contributed by atoms with Gasteiger partial charge in [-0.05, 0) is 70.3 Å². The van der Waals surface area contributed by atoms with Gasteiger partial charge in [-0.15, -0.1) is 0 Å². The van der Waals surface area contributed by atoms with Gasteiger partial charge in [-0.1, -0.05) is 18.2 Å². The Balaban J connectivity index is 2.03. The molecule has 0 saturated heterocycles. The molecular weight excluding hydrogens is 417 g/mol. The van der Waals surface area contributed by atoms with Gasteiger partial charge >= 0.3 is 0 Å². The number of ether oxygens (including phenoxy) is 2. The van der Waals surface area contributed by atoms with Crippen molar-refractivity contribution in [3.63, 3.8) is 0 Å². The van der Waals surface area contributed by atoms with Crippen LogP contribution < -0.4 is 14.8 Å². The minimum absolute atomic E-state index is 0.0641. The van der Waals surface area contributed by atoms with Crippen LogP contribution in [0, 0.1) is 3.57 Å². The van der Waals surface area contributed by atoms with Crippen LogP contribution in [0.2, 0.25) is 0 Å². The first-order chi connectivity index (χ1) is 11.6. The molecule has 2 aromatic carbocycles. The number of fused-ring (bicyclic) bond motifs is 1. The van der Waals surface area contributed by atoms with Crippen molar-refractivity contribution in [2.24, 2.45) is 0 Å². The van der Waals surface area contributed by atoms with Crippen LogP contribution in [0.4, 0.5) is 0 Å². The van der Waals surface area contributed by atoms with E-state index < -0.39 is 0 Å². The smallest absolute Gasteiger partial charge is 0.220 e. The third kappa shape index (κ3) is 3.50. The Morgan fingerprint density at radius 2 is 1.83 bits per heavy atom. The molecule has 0 fully saturated rings. The number of hydrogen-bond acceptors (Lipinski definition) is 3. The van der Waals surface area contributed by atoms with Crippen LogP contribution in [0.25, 0.3) is 0 Å². The number of amides is 1. The molecule has 1 unspecified atom stereocenters. The monoisotopic (exact) mass is 437 g/mol. The Morgan fingerprint density at radius 1 is 1.12 bits per heavy atom. The van der Waals surface area contributed by atoms with E-state index in [2.05, 4.69) is 40.0 Å². The second-order valence-corrected chi connectivity index (χ2v) is 6.98. The third-order valence-corrected chi connectivity index (χ3v) is 5.41. The zero-order chi connectivity index (χ0) is 17.1. The first-order valence-corrected chi connectivity index (χ1v) is 8.97. The van der Waals surface area contributed by atoms with Crippen LogP contribution >= 0.6 is 22.6 Å². The number of carbonyl (C=O) groups excluding carboxylic acids is 1. The lowest BCUT2D eigenvalue weighted by Gasteiger charge is -2.21. The van der Waals surface area contributed by atoms with Crippen molar-refractivity contribution in [3.05, 3.63) is 56.7 Å². The quantitative estimate of drug-likeness (QED) is 0.744. The zero-order valence-electron chi connectivity index (χ0n) is 13.8. The zero-order valence-corrected chi connectivity index (χ0v) is 15.9. The van der Waals surface area contributed by atoms with E-state index in [-0.39, 0.29) is 11.9 Å². The molecule has 24 heavy (non-hydrogen) atoms. The molecule has 1 heterocycles. The molecule has 1 aliphatic rings. The summed E-state index contributed by atoms with van der Waals surface area (Å²) in [5.74, 6) is 1.49. The van der Waals surface area contributed by atoms with E-state index in [1.165, 1.54) is 9.13 Å². The number of carbonyl (C=O) groups is 1. The highest BCUT2D eigenvalue weighted by Gasteiger charge is 2.25. The maximum absolute atomic E-state index is 12.2. The van der Waals surface area contributed by atoms with Gasteiger partial charge < -0.3 is 14.8 Å². The molecule has 0 spiro atoms. The van der Waals surface area contributed by atoms with Crippen molar-refractivity contribution < 1.29 is 14.3 Å². The molecule has 1 amide bonds. The molecule has 0 saturated carbocycles. The fraction of sp³-hybridized carbons (Fsp3) is 0.316.